The van der Waals surface area contributed by atoms with Gasteiger partial charge >= 0.3 is 0 Å². The Hall–Kier alpha value is -2.69. The maximum Gasteiger partial charge on any atom is 0.239 e. The van der Waals surface area contributed by atoms with Crippen LogP contribution in [0.15, 0.2) is 48.5 Å². The van der Waals surface area contributed by atoms with Crippen molar-refractivity contribution in [3.63, 3.8) is 0 Å². The van der Waals surface area contributed by atoms with Gasteiger partial charge in [0.2, 0.25) is 5.91 Å². The van der Waals surface area contributed by atoms with Gasteiger partial charge in [0.25, 0.3) is 0 Å². The Morgan fingerprint density at radius 1 is 1.04 bits per heavy atom. The Bertz CT molecular complexity index is 709. The van der Waals surface area contributed by atoms with Crippen molar-refractivity contribution in [1.82, 2.24) is 5.32 Å². The van der Waals surface area contributed by atoms with E-state index in [4.69, 9.17) is 4.74 Å². The Kier molecular flexibility index (Phi) is 6.36. The molecule has 1 aliphatic rings. The predicted molar refractivity (Wildman–Crippen MR) is 106 cm³/mol. The topological polar surface area (TPSA) is 53.6 Å². The first-order chi connectivity index (χ1) is 12.8. The highest BCUT2D eigenvalue weighted by Gasteiger charge is 2.10. The summed E-state index contributed by atoms with van der Waals surface area (Å²) < 4.78 is 5.30. The number of carbonyl (C=O) groups excluding carboxylic acids is 1. The molecule has 2 N–H and O–H groups in total. The van der Waals surface area contributed by atoms with Crippen LogP contribution < -0.4 is 20.3 Å². The van der Waals surface area contributed by atoms with Gasteiger partial charge in [0.15, 0.2) is 0 Å². The van der Waals surface area contributed by atoms with Gasteiger partial charge in [0, 0.05) is 36.6 Å². The second-order valence-electron chi connectivity index (χ2n) is 6.54. The van der Waals surface area contributed by atoms with Crippen molar-refractivity contribution < 1.29 is 9.53 Å². The number of carbonyl (C=O) groups is 1. The lowest BCUT2D eigenvalue weighted by atomic mass is 10.1. The van der Waals surface area contributed by atoms with Crippen LogP contribution in [0.1, 0.15) is 24.8 Å². The summed E-state index contributed by atoms with van der Waals surface area (Å²) >= 11 is 0. The molecule has 0 aliphatic carbocycles. The van der Waals surface area contributed by atoms with Crippen molar-refractivity contribution in [2.24, 2.45) is 0 Å². The third-order valence-corrected chi connectivity index (χ3v) is 4.71. The van der Waals surface area contributed by atoms with E-state index in [9.17, 15) is 4.79 Å². The van der Waals surface area contributed by atoms with Gasteiger partial charge < -0.3 is 20.3 Å². The molecule has 5 nitrogen and oxygen atoms in total. The first-order valence-electron chi connectivity index (χ1n) is 9.24. The van der Waals surface area contributed by atoms with Crippen LogP contribution in [0.5, 0.6) is 5.75 Å². The van der Waals surface area contributed by atoms with Gasteiger partial charge in [-0.05, 0) is 49.6 Å². The molecule has 138 valence electrons. The van der Waals surface area contributed by atoms with Gasteiger partial charge in [-0.1, -0.05) is 18.2 Å². The number of ether oxygens (including phenoxy) is 1. The molecular weight excluding hydrogens is 326 g/mol. The monoisotopic (exact) mass is 353 g/mol. The van der Waals surface area contributed by atoms with Crippen LogP contribution in [-0.2, 0) is 11.3 Å². The summed E-state index contributed by atoms with van der Waals surface area (Å²) in [5, 5.41) is 6.09. The third-order valence-electron chi connectivity index (χ3n) is 4.71. The highest BCUT2D eigenvalue weighted by molar-refractivity contribution is 5.80. The normalized spacial score (nSPS) is 14.0. The summed E-state index contributed by atoms with van der Waals surface area (Å²) in [4.78, 5) is 14.5. The number of nitrogens with one attached hydrogen (secondary N) is 2. The smallest absolute Gasteiger partial charge is 0.239 e. The molecule has 1 aliphatic heterocycles. The summed E-state index contributed by atoms with van der Waals surface area (Å²) in [5.74, 6) is 0.741. The average molecular weight is 353 g/mol. The molecule has 5 heteroatoms. The molecule has 0 spiro atoms. The molecular formula is C21H27N3O2. The molecule has 1 amide bonds. The van der Waals surface area contributed by atoms with Gasteiger partial charge in [0.1, 0.15) is 5.75 Å². The van der Waals surface area contributed by atoms with E-state index in [1.807, 2.05) is 36.4 Å². The molecule has 1 fully saturated rings. The second-order valence-corrected chi connectivity index (χ2v) is 6.54. The Morgan fingerprint density at radius 3 is 2.50 bits per heavy atom. The molecule has 26 heavy (non-hydrogen) atoms. The number of hydrogen-bond donors (Lipinski definition) is 2. The summed E-state index contributed by atoms with van der Waals surface area (Å²) in [7, 11) is 1.63. The highest BCUT2D eigenvalue weighted by Crippen LogP contribution is 2.21. The highest BCUT2D eigenvalue weighted by atomic mass is 16.5. The van der Waals surface area contributed by atoms with Crippen LogP contribution in [0, 0.1) is 0 Å². The van der Waals surface area contributed by atoms with Crippen LogP contribution in [0.3, 0.4) is 0 Å². The Balaban J connectivity index is 1.45. The average Bonchev–Trinajstić information content (AvgIpc) is 2.72. The number of benzene rings is 2. The van der Waals surface area contributed by atoms with E-state index in [1.165, 1.54) is 24.9 Å². The minimum absolute atomic E-state index is 0.0454. The van der Waals surface area contributed by atoms with E-state index in [0.29, 0.717) is 6.54 Å². The molecule has 0 atom stereocenters. The van der Waals surface area contributed by atoms with Crippen molar-refractivity contribution in [3.8, 4) is 5.75 Å². The zero-order valence-electron chi connectivity index (χ0n) is 15.3. The van der Waals surface area contributed by atoms with E-state index in [1.54, 1.807) is 7.11 Å². The fraction of sp³-hybridized carbons (Fsp3) is 0.381. The van der Waals surface area contributed by atoms with Crippen molar-refractivity contribution in [2.45, 2.75) is 25.8 Å². The standard InChI is InChI=1S/C21H27N3O2/c1-26-20-8-4-3-7-17(20)15-23-21(25)16-22-18-9-11-19(12-10-18)24-13-5-2-6-14-24/h3-4,7-12,22H,2,5-6,13-16H2,1H3,(H,23,25). The number of para-hydroxylation sites is 1. The molecule has 2 aromatic carbocycles. The van der Waals surface area contributed by atoms with E-state index in [0.717, 1.165) is 30.1 Å². The summed E-state index contributed by atoms with van der Waals surface area (Å²) in [6.45, 7) is 2.98. The van der Waals surface area contributed by atoms with Crippen LogP contribution in [-0.4, -0.2) is 32.7 Å². The second kappa shape index (κ2) is 9.13. The van der Waals surface area contributed by atoms with E-state index < -0.39 is 0 Å². The zero-order chi connectivity index (χ0) is 18.2. The van der Waals surface area contributed by atoms with Gasteiger partial charge in [-0.2, -0.15) is 0 Å². The molecule has 2 aromatic rings. The van der Waals surface area contributed by atoms with Crippen LogP contribution >= 0.6 is 0 Å². The van der Waals surface area contributed by atoms with E-state index in [2.05, 4.69) is 27.7 Å². The number of rotatable bonds is 7. The Morgan fingerprint density at radius 2 is 1.77 bits per heavy atom. The number of hydrogen-bond acceptors (Lipinski definition) is 4. The molecule has 0 bridgehead atoms. The summed E-state index contributed by atoms with van der Waals surface area (Å²) in [6, 6.07) is 16.0. The number of piperidine rings is 1. The zero-order valence-corrected chi connectivity index (χ0v) is 15.3. The van der Waals surface area contributed by atoms with Gasteiger partial charge in [0.05, 0.1) is 13.7 Å². The minimum Gasteiger partial charge on any atom is -0.496 e. The number of amides is 1. The molecule has 0 unspecified atom stereocenters. The van der Waals surface area contributed by atoms with Gasteiger partial charge in [-0.3, -0.25) is 4.79 Å². The van der Waals surface area contributed by atoms with Crippen molar-refractivity contribution in [3.05, 3.63) is 54.1 Å². The lowest BCUT2D eigenvalue weighted by molar-refractivity contribution is -0.119. The molecule has 3 rings (SSSR count). The Labute approximate surface area is 155 Å². The van der Waals surface area contributed by atoms with Crippen LogP contribution in [0.4, 0.5) is 11.4 Å². The largest absolute Gasteiger partial charge is 0.496 e. The number of nitrogens with zero attached hydrogens (tertiary/aromatic N) is 1. The summed E-state index contributed by atoms with van der Waals surface area (Å²) in [6.07, 6.45) is 3.87. The minimum atomic E-state index is -0.0454. The first-order valence-corrected chi connectivity index (χ1v) is 9.24. The fourth-order valence-corrected chi connectivity index (χ4v) is 3.23. The fourth-order valence-electron chi connectivity index (χ4n) is 3.23. The third kappa shape index (κ3) is 4.91. The first kappa shape index (κ1) is 18.1. The molecule has 1 saturated heterocycles. The van der Waals surface area contributed by atoms with E-state index >= 15 is 0 Å². The predicted octanol–water partition coefficient (Wildman–Crippen LogP) is 3.41. The van der Waals surface area contributed by atoms with Gasteiger partial charge in [-0.25, -0.2) is 0 Å². The van der Waals surface area contributed by atoms with Crippen molar-refractivity contribution >= 4 is 17.3 Å². The van der Waals surface area contributed by atoms with Crippen molar-refractivity contribution in [2.75, 3.05) is 37.0 Å². The summed E-state index contributed by atoms with van der Waals surface area (Å²) in [5.41, 5.74) is 3.18. The van der Waals surface area contributed by atoms with Gasteiger partial charge in [-0.15, -0.1) is 0 Å². The van der Waals surface area contributed by atoms with E-state index in [-0.39, 0.29) is 12.5 Å². The van der Waals surface area contributed by atoms with Crippen LogP contribution in [0.2, 0.25) is 0 Å². The molecule has 0 saturated carbocycles. The molecule has 0 radical (unpaired) electrons. The quantitative estimate of drug-likeness (QED) is 0.801. The van der Waals surface area contributed by atoms with Crippen molar-refractivity contribution in [1.29, 1.82) is 0 Å². The molecule has 1 heterocycles. The maximum atomic E-state index is 12.1. The van der Waals surface area contributed by atoms with Crippen LogP contribution in [0.25, 0.3) is 0 Å². The SMILES string of the molecule is COc1ccccc1CNC(=O)CNc1ccc(N2CCCCC2)cc1. The number of methoxy groups -OCH3 is 1. The lowest BCUT2D eigenvalue weighted by Crippen LogP contribution is -2.30. The maximum absolute atomic E-state index is 12.1. The molecule has 0 aromatic heterocycles. The number of anilines is 2. The lowest BCUT2D eigenvalue weighted by Gasteiger charge is -2.28.